The second kappa shape index (κ2) is 14.1. The zero-order chi connectivity index (χ0) is 38.3. The number of alkyl halides is 6. The van der Waals surface area contributed by atoms with E-state index < -0.39 is 65.5 Å². The number of allylic oxidation sites excluding steroid dienone is 2. The van der Waals surface area contributed by atoms with Crippen LogP contribution < -0.4 is 0 Å². The van der Waals surface area contributed by atoms with Gasteiger partial charge in [-0.25, -0.2) is 19.9 Å². The molecular weight excluding hydrogens is 714 g/mol. The van der Waals surface area contributed by atoms with Crippen molar-refractivity contribution in [3.05, 3.63) is 22.7 Å². The van der Waals surface area contributed by atoms with Gasteiger partial charge in [0.1, 0.15) is 0 Å². The summed E-state index contributed by atoms with van der Waals surface area (Å²) in [6.45, 7) is 8.12. The highest BCUT2D eigenvalue weighted by molar-refractivity contribution is 5.29. The molecule has 2 saturated carbocycles. The van der Waals surface area contributed by atoms with Gasteiger partial charge in [-0.2, -0.15) is 26.3 Å². The van der Waals surface area contributed by atoms with Gasteiger partial charge in [0.05, 0.1) is 0 Å². The maximum Gasteiger partial charge on any atom is 0.449 e. The van der Waals surface area contributed by atoms with Gasteiger partial charge in [0.15, 0.2) is 5.60 Å². The van der Waals surface area contributed by atoms with E-state index in [2.05, 4.69) is 18.7 Å². The molecule has 0 amide bonds. The molecule has 1 N–H and O–H groups in total. The zero-order valence-electron chi connectivity index (χ0n) is 31.4. The van der Waals surface area contributed by atoms with Crippen LogP contribution in [0.4, 0.5) is 26.3 Å². The lowest BCUT2D eigenvalue weighted by molar-refractivity contribution is -0.557. The molecule has 10 nitrogen and oxygen atoms in total. The molecule has 2 bridgehead atoms. The highest BCUT2D eigenvalue weighted by Gasteiger charge is 2.70. The Balaban J connectivity index is 1.06. The predicted molar refractivity (Wildman–Crippen MR) is 176 cm³/mol. The van der Waals surface area contributed by atoms with Crippen molar-refractivity contribution in [2.45, 2.75) is 128 Å². The van der Waals surface area contributed by atoms with Crippen molar-refractivity contribution in [2.24, 2.45) is 41.4 Å². The first kappa shape index (κ1) is 39.6. The Labute approximate surface area is 306 Å². The Bertz CT molecular complexity index is 1440. The van der Waals surface area contributed by atoms with Crippen LogP contribution >= 0.6 is 0 Å². The summed E-state index contributed by atoms with van der Waals surface area (Å²) < 4.78 is 111. The fourth-order valence-electron chi connectivity index (χ4n) is 10.9. The summed E-state index contributed by atoms with van der Waals surface area (Å²) in [7, 11) is 3.49. The van der Waals surface area contributed by atoms with Gasteiger partial charge < -0.3 is 28.7 Å². The quantitative estimate of drug-likeness (QED) is 0.143. The molecule has 1 spiro atoms. The molecule has 2 aliphatic carbocycles. The Morgan fingerprint density at radius 1 is 0.774 bits per heavy atom. The van der Waals surface area contributed by atoms with E-state index >= 15 is 0 Å². The molecule has 0 aromatic carbocycles. The Hall–Kier alpha value is -1.66. The molecule has 5 unspecified atom stereocenters. The van der Waals surface area contributed by atoms with Crippen molar-refractivity contribution < 1.29 is 65.2 Å². The monoisotopic (exact) mass is 768 g/mol. The molecule has 8 aliphatic rings. The highest BCUT2D eigenvalue weighted by atomic mass is 19.4. The number of hydrogen-bond acceptors (Lipinski definition) is 10. The van der Waals surface area contributed by atoms with Gasteiger partial charge in [0.2, 0.25) is 35.7 Å². The summed E-state index contributed by atoms with van der Waals surface area (Å²) >= 11 is 0. The molecule has 12 atom stereocenters. The normalized spacial score (nSPS) is 42.9. The van der Waals surface area contributed by atoms with Crippen LogP contribution in [0.3, 0.4) is 0 Å². The topological polar surface area (TPSA) is 91.3 Å². The van der Waals surface area contributed by atoms with Gasteiger partial charge >= 0.3 is 12.4 Å². The van der Waals surface area contributed by atoms with Crippen LogP contribution in [0.15, 0.2) is 22.7 Å². The van der Waals surface area contributed by atoms with Crippen molar-refractivity contribution in [3.8, 4) is 0 Å². The minimum Gasteiger partial charge on any atom is -0.459 e. The lowest BCUT2D eigenvalue weighted by atomic mass is 9.59. The van der Waals surface area contributed by atoms with Gasteiger partial charge in [-0.1, -0.05) is 13.8 Å². The van der Waals surface area contributed by atoms with Crippen molar-refractivity contribution in [3.63, 3.8) is 0 Å². The van der Waals surface area contributed by atoms with Crippen LogP contribution in [-0.2, 0) is 33.6 Å². The number of ether oxygens (including phenoxy) is 4. The van der Waals surface area contributed by atoms with E-state index in [1.807, 2.05) is 4.90 Å². The fraction of sp³-hybridized carbons (Fsp3) is 0.892. The predicted octanol–water partition coefficient (Wildman–Crippen LogP) is 7.77. The summed E-state index contributed by atoms with van der Waals surface area (Å²) in [6.07, 6.45) is -6.92. The molecule has 6 fully saturated rings. The summed E-state index contributed by atoms with van der Waals surface area (Å²) in [5.74, 6) is -5.86. The third-order valence-electron chi connectivity index (χ3n) is 13.5. The number of halogens is 6. The first-order valence-electron chi connectivity index (χ1n) is 19.1. The third-order valence-corrected chi connectivity index (χ3v) is 13.5. The molecular formula is C37H54F6N2O8. The molecule has 53 heavy (non-hydrogen) atoms. The van der Waals surface area contributed by atoms with Crippen LogP contribution in [0.5, 0.6) is 0 Å². The molecule has 0 aromatic rings. The molecule has 4 saturated heterocycles. The van der Waals surface area contributed by atoms with Crippen molar-refractivity contribution in [1.29, 1.82) is 0 Å². The fourth-order valence-corrected chi connectivity index (χ4v) is 10.9. The van der Waals surface area contributed by atoms with Crippen LogP contribution in [-0.4, -0.2) is 97.4 Å². The van der Waals surface area contributed by atoms with Crippen LogP contribution in [0.1, 0.15) is 85.5 Å². The van der Waals surface area contributed by atoms with Crippen molar-refractivity contribution >= 4 is 0 Å². The Kier molecular flexibility index (Phi) is 10.5. The van der Waals surface area contributed by atoms with E-state index in [4.69, 9.17) is 28.7 Å². The van der Waals surface area contributed by atoms with E-state index in [1.165, 1.54) is 6.92 Å². The first-order valence-corrected chi connectivity index (χ1v) is 19.1. The summed E-state index contributed by atoms with van der Waals surface area (Å²) in [4.78, 5) is 20.1. The number of likely N-dealkylation sites (N-methyl/N-ethyl adjacent to an activating group) is 2. The Morgan fingerprint density at radius 3 is 2.08 bits per heavy atom. The second-order valence-electron chi connectivity index (χ2n) is 17.3. The highest BCUT2D eigenvalue weighted by Crippen LogP contribution is 2.61. The smallest absolute Gasteiger partial charge is 0.449 e. The van der Waals surface area contributed by atoms with Gasteiger partial charge in [0.25, 0.3) is 0 Å². The van der Waals surface area contributed by atoms with E-state index in [0.29, 0.717) is 58.0 Å². The number of hydrogen-bond donors (Lipinski definition) is 1. The van der Waals surface area contributed by atoms with Gasteiger partial charge in [-0.05, 0) is 121 Å². The SMILES string of the molecule is C[C@@H]1CC[C@H]2C(CN(C)CCCN(C)CC3=C(C(F)(F)F)O[C@@H]4O[C@]5(C)CCC6[C@H](C)CC[C@@H]3[C@]64OO5)=C(C(F)(F)F)OC3OC(C)(OO)CCC1C32. The van der Waals surface area contributed by atoms with E-state index in [0.717, 1.165) is 12.8 Å². The van der Waals surface area contributed by atoms with Crippen LogP contribution in [0, 0.1) is 41.4 Å². The largest absolute Gasteiger partial charge is 0.459 e. The van der Waals surface area contributed by atoms with Crippen LogP contribution in [0.25, 0.3) is 0 Å². The molecule has 6 heterocycles. The van der Waals surface area contributed by atoms with Crippen molar-refractivity contribution in [1.82, 2.24) is 9.80 Å². The molecule has 302 valence electrons. The Morgan fingerprint density at radius 2 is 1.42 bits per heavy atom. The maximum absolute atomic E-state index is 14.7. The first-order chi connectivity index (χ1) is 24.8. The van der Waals surface area contributed by atoms with E-state index in [-0.39, 0.29) is 53.8 Å². The second-order valence-corrected chi connectivity index (χ2v) is 17.3. The minimum absolute atomic E-state index is 0.0142. The van der Waals surface area contributed by atoms with Crippen molar-refractivity contribution in [2.75, 3.05) is 40.3 Å². The summed E-state index contributed by atoms with van der Waals surface area (Å²) in [5.41, 5.74) is -0.900. The molecule has 16 heteroatoms. The maximum atomic E-state index is 14.7. The molecule has 0 aromatic heterocycles. The minimum atomic E-state index is -4.76. The van der Waals surface area contributed by atoms with E-state index in [1.54, 1.807) is 25.9 Å². The average molecular weight is 769 g/mol. The molecule has 8 rings (SSSR count). The van der Waals surface area contributed by atoms with Gasteiger partial charge in [-0.15, -0.1) is 0 Å². The average Bonchev–Trinajstić information content (AvgIpc) is 3.39. The van der Waals surface area contributed by atoms with E-state index in [9.17, 15) is 31.6 Å². The summed E-state index contributed by atoms with van der Waals surface area (Å²) in [5, 5.41) is 9.57. The number of fused-ring (bicyclic) bond motifs is 2. The molecule has 6 aliphatic heterocycles. The third kappa shape index (κ3) is 7.14. The molecule has 0 radical (unpaired) electrons. The number of nitrogens with zero attached hydrogens (tertiary/aromatic N) is 2. The van der Waals surface area contributed by atoms with Crippen LogP contribution in [0.2, 0.25) is 0 Å². The lowest BCUT2D eigenvalue weighted by Crippen LogP contribution is -2.67. The number of rotatable bonds is 9. The summed E-state index contributed by atoms with van der Waals surface area (Å²) in [6, 6.07) is 0. The standard InChI is InChI=1S/C37H54F6N2O8/c1-20-8-10-23-24(29(36(38,39)40)47-31-28(23)22(20)12-14-33(3,49-31)51-46)18-44(5)16-7-17-45(6)19-25-27-11-9-21(2)26-13-15-34(4)50-32(35(26,27)53-52-34)48-30(25)37(41,42)43/h20-23,26-28,31-32,46H,7-19H2,1-6H3/t20-,21-,22?,23+,26?,27+,28?,31?,32-,33?,34+,35-/m1/s1. The van der Waals surface area contributed by atoms with Gasteiger partial charge in [0, 0.05) is 43.7 Å². The zero-order valence-corrected chi connectivity index (χ0v) is 31.4. The lowest BCUT2D eigenvalue weighted by Gasteiger charge is -2.57. The van der Waals surface area contributed by atoms with Gasteiger partial charge in [-0.3, -0.25) is 0 Å².